The van der Waals surface area contributed by atoms with Crippen molar-refractivity contribution in [2.75, 3.05) is 0 Å². The Morgan fingerprint density at radius 3 is 1.39 bits per heavy atom. The average Bonchev–Trinajstić information content (AvgIpc) is 3.47. The Bertz CT molecular complexity index is 2220. The third-order valence-electron chi connectivity index (χ3n) is 9.21. The highest BCUT2D eigenvalue weighted by atomic mass is 28.3. The van der Waals surface area contributed by atoms with Gasteiger partial charge in [0.15, 0.2) is 8.07 Å². The number of para-hydroxylation sites is 3. The van der Waals surface area contributed by atoms with E-state index in [9.17, 15) is 5.26 Å². The standard InChI is InChI=1S/C43H30N2Si/c44-31-32-30-36(46(33-16-4-1-5-17-33,34-18-6-2-7-19-34)35-20-8-3-9-21-35)28-29-37(32)38-22-10-13-25-41(38)45-42-26-14-11-23-39(42)40-24-12-15-27-43(40)45/h1-30H. The molecule has 0 atom stereocenters. The molecule has 0 aliphatic heterocycles. The fraction of sp³-hybridized carbons (Fsp3) is 0. The summed E-state index contributed by atoms with van der Waals surface area (Å²) in [6.45, 7) is 0. The van der Waals surface area contributed by atoms with Crippen molar-refractivity contribution in [3.63, 3.8) is 0 Å². The molecule has 0 spiro atoms. The number of aromatic nitrogens is 1. The van der Waals surface area contributed by atoms with Crippen LogP contribution in [0.3, 0.4) is 0 Å². The zero-order valence-corrected chi connectivity index (χ0v) is 26.2. The molecule has 0 radical (unpaired) electrons. The van der Waals surface area contributed by atoms with Gasteiger partial charge in [-0.05, 0) is 45.0 Å². The Kier molecular flexibility index (Phi) is 6.91. The van der Waals surface area contributed by atoms with Crippen molar-refractivity contribution in [1.29, 1.82) is 5.26 Å². The largest absolute Gasteiger partial charge is 0.309 e. The van der Waals surface area contributed by atoms with Crippen molar-refractivity contribution in [2.24, 2.45) is 0 Å². The van der Waals surface area contributed by atoms with Crippen molar-refractivity contribution in [3.8, 4) is 22.9 Å². The first-order chi connectivity index (χ1) is 22.8. The summed E-state index contributed by atoms with van der Waals surface area (Å²) < 4.78 is 2.34. The molecule has 1 heterocycles. The summed E-state index contributed by atoms with van der Waals surface area (Å²) in [6.07, 6.45) is 0. The molecule has 8 aromatic rings. The summed E-state index contributed by atoms with van der Waals surface area (Å²) in [6, 6.07) is 67.4. The van der Waals surface area contributed by atoms with E-state index in [1.54, 1.807) is 0 Å². The van der Waals surface area contributed by atoms with Gasteiger partial charge in [0.25, 0.3) is 0 Å². The van der Waals surface area contributed by atoms with Crippen molar-refractivity contribution in [2.45, 2.75) is 0 Å². The number of nitrogens with zero attached hydrogens (tertiary/aromatic N) is 2. The van der Waals surface area contributed by atoms with Crippen LogP contribution in [0.25, 0.3) is 38.6 Å². The van der Waals surface area contributed by atoms with Gasteiger partial charge in [-0.3, -0.25) is 0 Å². The second-order valence-corrected chi connectivity index (χ2v) is 15.4. The second-order valence-electron chi connectivity index (χ2n) is 11.6. The lowest BCUT2D eigenvalue weighted by Crippen LogP contribution is -2.74. The van der Waals surface area contributed by atoms with Gasteiger partial charge in [0.1, 0.15) is 0 Å². The molecule has 0 amide bonds. The minimum atomic E-state index is -2.77. The molecule has 0 fully saturated rings. The van der Waals surface area contributed by atoms with Crippen LogP contribution in [0, 0.1) is 11.3 Å². The third-order valence-corrected chi connectivity index (χ3v) is 14.0. The molecule has 0 bridgehead atoms. The summed E-state index contributed by atoms with van der Waals surface area (Å²) in [5, 5.41) is 18.3. The zero-order chi connectivity index (χ0) is 30.9. The maximum atomic E-state index is 10.8. The predicted octanol–water partition coefficient (Wildman–Crippen LogP) is 7.70. The first kappa shape index (κ1) is 27.6. The van der Waals surface area contributed by atoms with E-state index in [1.807, 2.05) is 0 Å². The molecule has 3 heteroatoms. The minimum absolute atomic E-state index is 0.672. The van der Waals surface area contributed by atoms with Crippen LogP contribution >= 0.6 is 0 Å². The molecular weight excluding hydrogens is 573 g/mol. The monoisotopic (exact) mass is 602 g/mol. The minimum Gasteiger partial charge on any atom is -0.309 e. The predicted molar refractivity (Wildman–Crippen MR) is 195 cm³/mol. The lowest BCUT2D eigenvalue weighted by molar-refractivity contribution is 1.18. The summed E-state index contributed by atoms with van der Waals surface area (Å²) in [4.78, 5) is 0. The summed E-state index contributed by atoms with van der Waals surface area (Å²) in [7, 11) is -2.77. The normalized spacial score (nSPS) is 11.5. The van der Waals surface area contributed by atoms with Crippen LogP contribution in [-0.4, -0.2) is 12.6 Å². The van der Waals surface area contributed by atoms with Gasteiger partial charge < -0.3 is 4.57 Å². The lowest BCUT2D eigenvalue weighted by Gasteiger charge is -2.34. The molecule has 1 aromatic heterocycles. The van der Waals surface area contributed by atoms with E-state index in [0.29, 0.717) is 5.56 Å². The van der Waals surface area contributed by atoms with Gasteiger partial charge in [0, 0.05) is 21.9 Å². The molecule has 0 saturated carbocycles. The van der Waals surface area contributed by atoms with Gasteiger partial charge in [0.05, 0.1) is 28.4 Å². The molecule has 0 aliphatic rings. The van der Waals surface area contributed by atoms with E-state index in [-0.39, 0.29) is 0 Å². The molecule has 0 N–H and O–H groups in total. The summed E-state index contributed by atoms with van der Waals surface area (Å²) in [5.74, 6) is 0. The molecule has 8 rings (SSSR count). The van der Waals surface area contributed by atoms with Crippen LogP contribution in [0.5, 0.6) is 0 Å². The first-order valence-corrected chi connectivity index (χ1v) is 17.6. The second kappa shape index (κ2) is 11.5. The Hall–Kier alpha value is -5.95. The molecular formula is C43H30N2Si. The van der Waals surface area contributed by atoms with Crippen molar-refractivity contribution >= 4 is 50.6 Å². The average molecular weight is 603 g/mol. The van der Waals surface area contributed by atoms with Gasteiger partial charge >= 0.3 is 0 Å². The van der Waals surface area contributed by atoms with E-state index in [2.05, 4.69) is 193 Å². The molecule has 7 aromatic carbocycles. The van der Waals surface area contributed by atoms with Crippen molar-refractivity contribution in [3.05, 3.63) is 188 Å². The van der Waals surface area contributed by atoms with Crippen LogP contribution in [0.1, 0.15) is 5.56 Å². The van der Waals surface area contributed by atoms with Crippen LogP contribution in [0.2, 0.25) is 0 Å². The maximum absolute atomic E-state index is 10.8. The van der Waals surface area contributed by atoms with E-state index in [1.165, 1.54) is 31.5 Å². The smallest absolute Gasteiger partial charge is 0.179 e. The highest BCUT2D eigenvalue weighted by Gasteiger charge is 2.41. The topological polar surface area (TPSA) is 28.7 Å². The maximum Gasteiger partial charge on any atom is 0.179 e. The SMILES string of the molecule is N#Cc1cc([Si](c2ccccc2)(c2ccccc2)c2ccccc2)ccc1-c1ccccc1-n1c2ccccc2c2ccccc21. The number of hydrogen-bond donors (Lipinski definition) is 0. The Morgan fingerprint density at radius 1 is 0.413 bits per heavy atom. The quantitative estimate of drug-likeness (QED) is 0.142. The van der Waals surface area contributed by atoms with Crippen LogP contribution in [0.4, 0.5) is 0 Å². The van der Waals surface area contributed by atoms with E-state index < -0.39 is 8.07 Å². The van der Waals surface area contributed by atoms with Gasteiger partial charge in [-0.1, -0.05) is 158 Å². The fourth-order valence-electron chi connectivity index (χ4n) is 7.25. The Balaban J connectivity index is 1.40. The van der Waals surface area contributed by atoms with Crippen molar-refractivity contribution in [1.82, 2.24) is 4.57 Å². The van der Waals surface area contributed by atoms with E-state index in [0.717, 1.165) is 27.8 Å². The van der Waals surface area contributed by atoms with Gasteiger partial charge in [-0.25, -0.2) is 0 Å². The molecule has 0 saturated heterocycles. The van der Waals surface area contributed by atoms with Gasteiger partial charge in [-0.2, -0.15) is 5.26 Å². The molecule has 0 unspecified atom stereocenters. The summed E-state index contributed by atoms with van der Waals surface area (Å²) >= 11 is 0. The van der Waals surface area contributed by atoms with Crippen LogP contribution in [-0.2, 0) is 0 Å². The molecule has 46 heavy (non-hydrogen) atoms. The number of nitriles is 1. The van der Waals surface area contributed by atoms with Crippen molar-refractivity contribution < 1.29 is 0 Å². The first-order valence-electron chi connectivity index (χ1n) is 15.6. The summed E-state index contributed by atoms with van der Waals surface area (Å²) in [5.41, 5.74) is 5.99. The lowest BCUT2D eigenvalue weighted by atomic mass is 9.98. The fourth-order valence-corrected chi connectivity index (χ4v) is 12.0. The van der Waals surface area contributed by atoms with Crippen LogP contribution in [0.15, 0.2) is 182 Å². The number of fused-ring (bicyclic) bond motifs is 3. The number of rotatable bonds is 6. The number of benzene rings is 7. The third kappa shape index (κ3) is 4.31. The molecule has 216 valence electrons. The highest BCUT2D eigenvalue weighted by Crippen LogP contribution is 2.36. The van der Waals surface area contributed by atoms with Gasteiger partial charge in [-0.15, -0.1) is 0 Å². The van der Waals surface area contributed by atoms with Gasteiger partial charge in [0.2, 0.25) is 0 Å². The zero-order valence-electron chi connectivity index (χ0n) is 25.2. The van der Waals surface area contributed by atoms with E-state index >= 15 is 0 Å². The molecule has 0 aliphatic carbocycles. The number of hydrogen-bond acceptors (Lipinski definition) is 1. The Morgan fingerprint density at radius 2 is 0.870 bits per heavy atom. The van der Waals surface area contributed by atoms with Crippen LogP contribution < -0.4 is 20.7 Å². The highest BCUT2D eigenvalue weighted by molar-refractivity contribution is 7.19. The van der Waals surface area contributed by atoms with E-state index in [4.69, 9.17) is 0 Å². The Labute approximate surface area is 270 Å². The molecule has 2 nitrogen and oxygen atoms in total.